The predicted octanol–water partition coefficient (Wildman–Crippen LogP) is 4.30. The molecule has 0 heterocycles. The minimum atomic E-state index is -0.632. The summed E-state index contributed by atoms with van der Waals surface area (Å²) in [7, 11) is 0. The van der Waals surface area contributed by atoms with Crippen molar-refractivity contribution in [2.75, 3.05) is 6.54 Å². The number of nitrogens with one attached hydrogen (secondary N) is 1. The van der Waals surface area contributed by atoms with E-state index in [1.807, 2.05) is 60.7 Å². The lowest BCUT2D eigenvalue weighted by Crippen LogP contribution is -2.42. The van der Waals surface area contributed by atoms with E-state index >= 15 is 0 Å². The zero-order valence-electron chi connectivity index (χ0n) is 16.6. The number of carbonyl (C=O) groups is 1. The highest BCUT2D eigenvalue weighted by molar-refractivity contribution is 5.66. The van der Waals surface area contributed by atoms with E-state index < -0.39 is 12.2 Å². The number of hydrogen-bond acceptors (Lipinski definition) is 4. The van der Waals surface area contributed by atoms with E-state index in [0.29, 0.717) is 6.54 Å². The van der Waals surface area contributed by atoms with Crippen molar-refractivity contribution >= 4 is 6.09 Å². The molecule has 0 spiro atoms. The number of rotatable bonds is 7. The maximum Gasteiger partial charge on any atom is 0.426 e. The number of aliphatic hydroxyl groups is 1. The van der Waals surface area contributed by atoms with Crippen molar-refractivity contribution in [2.24, 2.45) is 5.41 Å². The molecule has 0 bridgehead atoms. The van der Waals surface area contributed by atoms with Crippen molar-refractivity contribution in [1.29, 1.82) is 0 Å². The Morgan fingerprint density at radius 1 is 1.07 bits per heavy atom. The Kier molecular flexibility index (Phi) is 7.39. The molecule has 0 aliphatic carbocycles. The van der Waals surface area contributed by atoms with Gasteiger partial charge in [0, 0.05) is 6.54 Å². The molecule has 0 radical (unpaired) electrons. The van der Waals surface area contributed by atoms with Crippen LogP contribution in [0.2, 0.25) is 0 Å². The summed E-state index contributed by atoms with van der Waals surface area (Å²) in [4.78, 5) is 18.0. The van der Waals surface area contributed by atoms with Gasteiger partial charge in [-0.15, -0.1) is 5.06 Å². The van der Waals surface area contributed by atoms with E-state index in [1.165, 1.54) is 0 Å². The van der Waals surface area contributed by atoms with E-state index in [9.17, 15) is 9.90 Å². The molecule has 5 nitrogen and oxygen atoms in total. The Hall–Kier alpha value is -2.37. The van der Waals surface area contributed by atoms with Gasteiger partial charge in [0.25, 0.3) is 0 Å². The SMILES string of the molecule is CC(O)CNC(=O)ON(Cc1ccccc1)C(c1ccccc1)C(C)(C)C. The monoisotopic (exact) mass is 370 g/mol. The molecule has 0 aliphatic rings. The summed E-state index contributed by atoms with van der Waals surface area (Å²) in [5, 5.41) is 13.7. The molecule has 146 valence electrons. The van der Waals surface area contributed by atoms with E-state index in [0.717, 1.165) is 11.1 Å². The van der Waals surface area contributed by atoms with Gasteiger partial charge in [0.1, 0.15) is 0 Å². The van der Waals surface area contributed by atoms with Gasteiger partial charge in [-0.25, -0.2) is 4.79 Å². The Morgan fingerprint density at radius 3 is 2.15 bits per heavy atom. The van der Waals surface area contributed by atoms with Crippen LogP contribution in [0.5, 0.6) is 0 Å². The molecule has 27 heavy (non-hydrogen) atoms. The molecule has 0 aromatic heterocycles. The number of nitrogens with zero attached hydrogens (tertiary/aromatic N) is 1. The average Bonchev–Trinajstić information content (AvgIpc) is 2.60. The molecule has 0 saturated carbocycles. The van der Waals surface area contributed by atoms with Gasteiger partial charge in [-0.1, -0.05) is 81.4 Å². The summed E-state index contributed by atoms with van der Waals surface area (Å²) in [6, 6.07) is 19.8. The third kappa shape index (κ3) is 6.70. The largest absolute Gasteiger partial charge is 0.426 e. The van der Waals surface area contributed by atoms with E-state index in [1.54, 1.807) is 12.0 Å². The van der Waals surface area contributed by atoms with E-state index in [2.05, 4.69) is 26.1 Å². The standard InChI is InChI=1S/C22H30N2O3/c1-17(25)15-23-21(26)27-24(16-18-11-7-5-8-12-18)20(22(2,3)4)19-13-9-6-10-14-19/h5-14,17,20,25H,15-16H2,1-4H3,(H,23,26). The van der Waals surface area contributed by atoms with Gasteiger partial charge in [-0.2, -0.15) is 0 Å². The minimum absolute atomic E-state index is 0.142. The first-order chi connectivity index (χ1) is 12.8. The van der Waals surface area contributed by atoms with Gasteiger partial charge in [0.15, 0.2) is 0 Å². The molecule has 0 aliphatic heterocycles. The molecule has 2 aromatic rings. The Morgan fingerprint density at radius 2 is 1.63 bits per heavy atom. The van der Waals surface area contributed by atoms with Crippen LogP contribution in [0, 0.1) is 5.41 Å². The maximum absolute atomic E-state index is 12.3. The fraction of sp³-hybridized carbons (Fsp3) is 0.409. The van der Waals surface area contributed by atoms with Gasteiger partial charge in [0.2, 0.25) is 0 Å². The van der Waals surface area contributed by atoms with Crippen LogP contribution in [-0.2, 0) is 11.4 Å². The highest BCUT2D eigenvalue weighted by Crippen LogP contribution is 2.39. The van der Waals surface area contributed by atoms with Crippen LogP contribution in [0.3, 0.4) is 0 Å². The lowest BCUT2D eigenvalue weighted by Gasteiger charge is -2.39. The number of carbonyl (C=O) groups excluding carboxylic acids is 1. The molecule has 2 atom stereocenters. The van der Waals surface area contributed by atoms with Crippen LogP contribution in [0.4, 0.5) is 4.79 Å². The number of amides is 1. The third-order valence-electron chi connectivity index (χ3n) is 4.15. The summed E-state index contributed by atoms with van der Waals surface area (Å²) in [6.45, 7) is 8.59. The summed E-state index contributed by atoms with van der Waals surface area (Å²) >= 11 is 0. The fourth-order valence-corrected chi connectivity index (χ4v) is 3.04. The maximum atomic E-state index is 12.3. The highest BCUT2D eigenvalue weighted by atomic mass is 16.7. The highest BCUT2D eigenvalue weighted by Gasteiger charge is 2.34. The number of aliphatic hydroxyl groups excluding tert-OH is 1. The molecule has 2 rings (SSSR count). The third-order valence-corrected chi connectivity index (χ3v) is 4.15. The van der Waals surface area contributed by atoms with Crippen molar-refractivity contribution in [3.05, 3.63) is 71.8 Å². The van der Waals surface area contributed by atoms with Crippen LogP contribution in [0.1, 0.15) is 44.9 Å². The smallest absolute Gasteiger partial charge is 0.392 e. The Labute approximate surface area is 161 Å². The van der Waals surface area contributed by atoms with Crippen LogP contribution in [0.15, 0.2) is 60.7 Å². The van der Waals surface area contributed by atoms with Crippen molar-refractivity contribution in [3.63, 3.8) is 0 Å². The van der Waals surface area contributed by atoms with Crippen molar-refractivity contribution < 1.29 is 14.7 Å². The summed E-state index contributed by atoms with van der Waals surface area (Å²) < 4.78 is 0. The average molecular weight is 370 g/mol. The van der Waals surface area contributed by atoms with Gasteiger partial charge >= 0.3 is 6.09 Å². The quantitative estimate of drug-likeness (QED) is 0.714. The van der Waals surface area contributed by atoms with Crippen LogP contribution in [0.25, 0.3) is 0 Å². The van der Waals surface area contributed by atoms with Crippen molar-refractivity contribution in [3.8, 4) is 0 Å². The summed E-state index contributed by atoms with van der Waals surface area (Å²) in [6.07, 6.45) is -1.20. The van der Waals surface area contributed by atoms with Crippen molar-refractivity contribution in [2.45, 2.75) is 46.4 Å². The second kappa shape index (κ2) is 9.53. The molecule has 5 heteroatoms. The Bertz CT molecular complexity index is 697. The molecule has 0 saturated heterocycles. The van der Waals surface area contributed by atoms with Crippen LogP contribution in [-0.4, -0.2) is 28.9 Å². The zero-order valence-corrected chi connectivity index (χ0v) is 16.6. The van der Waals surface area contributed by atoms with E-state index in [4.69, 9.17) is 4.84 Å². The number of hydrogen-bond donors (Lipinski definition) is 2. The molecule has 2 N–H and O–H groups in total. The van der Waals surface area contributed by atoms with Crippen LogP contribution >= 0.6 is 0 Å². The molecule has 2 unspecified atom stereocenters. The zero-order chi connectivity index (χ0) is 19.9. The summed E-state index contributed by atoms with van der Waals surface area (Å²) in [5.74, 6) is 0. The molecule has 1 amide bonds. The molecular formula is C22H30N2O3. The lowest BCUT2D eigenvalue weighted by molar-refractivity contribution is -0.166. The van der Waals surface area contributed by atoms with Gasteiger partial charge in [0.05, 0.1) is 18.7 Å². The molecular weight excluding hydrogens is 340 g/mol. The first kappa shape index (κ1) is 20.9. The number of benzene rings is 2. The Balaban J connectivity index is 2.31. The summed E-state index contributed by atoms with van der Waals surface area (Å²) in [5.41, 5.74) is 1.94. The first-order valence-corrected chi connectivity index (χ1v) is 9.26. The normalized spacial score (nSPS) is 13.9. The second-order valence-electron chi connectivity index (χ2n) is 7.85. The van der Waals surface area contributed by atoms with Crippen molar-refractivity contribution in [1.82, 2.24) is 10.4 Å². The van der Waals surface area contributed by atoms with Crippen LogP contribution < -0.4 is 5.32 Å². The minimum Gasteiger partial charge on any atom is -0.392 e. The number of hydroxylamine groups is 2. The molecule has 2 aromatic carbocycles. The second-order valence-corrected chi connectivity index (χ2v) is 7.85. The predicted molar refractivity (Wildman–Crippen MR) is 107 cm³/mol. The van der Waals surface area contributed by atoms with Gasteiger partial charge < -0.3 is 15.3 Å². The molecule has 0 fully saturated rings. The van der Waals surface area contributed by atoms with Gasteiger partial charge in [-0.05, 0) is 23.5 Å². The lowest BCUT2D eigenvalue weighted by atomic mass is 9.82. The van der Waals surface area contributed by atoms with E-state index in [-0.39, 0.29) is 18.0 Å². The topological polar surface area (TPSA) is 61.8 Å². The van der Waals surface area contributed by atoms with Gasteiger partial charge in [-0.3, -0.25) is 0 Å². The fourth-order valence-electron chi connectivity index (χ4n) is 3.04. The first-order valence-electron chi connectivity index (χ1n) is 9.26.